The van der Waals surface area contributed by atoms with Gasteiger partial charge in [-0.25, -0.2) is 4.79 Å². The average molecular weight is 372 g/mol. The zero-order valence-corrected chi connectivity index (χ0v) is 14.9. The van der Waals surface area contributed by atoms with Gasteiger partial charge in [0.15, 0.2) is 0 Å². The van der Waals surface area contributed by atoms with E-state index in [2.05, 4.69) is 22.4 Å². The van der Waals surface area contributed by atoms with Crippen LogP contribution in [0.15, 0.2) is 42.5 Å². The first-order valence-electron chi connectivity index (χ1n) is 8.14. The van der Waals surface area contributed by atoms with Gasteiger partial charge in [0.25, 0.3) is 5.91 Å². The van der Waals surface area contributed by atoms with Crippen molar-refractivity contribution < 1.29 is 14.3 Å². The summed E-state index contributed by atoms with van der Waals surface area (Å²) in [5, 5.41) is 2.78. The molecule has 0 radical (unpaired) electrons. The summed E-state index contributed by atoms with van der Waals surface area (Å²) in [7, 11) is 0. The number of amides is 3. The van der Waals surface area contributed by atoms with Crippen molar-refractivity contribution in [1.82, 2.24) is 4.90 Å². The van der Waals surface area contributed by atoms with Gasteiger partial charge in [0, 0.05) is 30.1 Å². The number of hydrogen-bond donors (Lipinski definition) is 3. The van der Waals surface area contributed by atoms with Crippen molar-refractivity contribution in [2.24, 2.45) is 11.5 Å². The fourth-order valence-corrected chi connectivity index (χ4v) is 3.79. The van der Waals surface area contributed by atoms with Crippen LogP contribution < -0.4 is 21.5 Å². The number of nitrogens with one attached hydrogen (secondary N) is 1. The summed E-state index contributed by atoms with van der Waals surface area (Å²) in [6, 6.07) is 8.45. The van der Waals surface area contributed by atoms with E-state index in [0.29, 0.717) is 17.4 Å². The second-order valence-electron chi connectivity index (χ2n) is 5.78. The van der Waals surface area contributed by atoms with Gasteiger partial charge in [0.05, 0.1) is 5.56 Å². The van der Waals surface area contributed by atoms with Crippen LogP contribution in [0.5, 0.6) is 5.75 Å². The minimum absolute atomic E-state index is 0.224. The molecule has 136 valence electrons. The molecule has 0 aliphatic carbocycles. The fraction of sp³-hybridized carbons (Fsp3) is 0.222. The molecule has 3 amide bonds. The number of hydrogen-bond acceptors (Lipinski definition) is 5. The third kappa shape index (κ3) is 4.22. The zero-order valence-electron chi connectivity index (χ0n) is 14.1. The Hall–Kier alpha value is -2.84. The summed E-state index contributed by atoms with van der Waals surface area (Å²) in [6.07, 6.45) is 4.27. The molecule has 0 unspecified atom stereocenters. The third-order valence-corrected chi connectivity index (χ3v) is 5.03. The molecule has 1 aromatic heterocycles. The maximum atomic E-state index is 11.6. The summed E-state index contributed by atoms with van der Waals surface area (Å²) in [5.41, 5.74) is 11.6. The Kier molecular flexibility index (Phi) is 5.55. The number of carbonyl (C=O) groups excluding carboxylic acids is 2. The number of thiophene rings is 1. The predicted molar refractivity (Wildman–Crippen MR) is 103 cm³/mol. The number of rotatable bonds is 7. The lowest BCUT2D eigenvalue weighted by Crippen LogP contribution is -2.25. The zero-order chi connectivity index (χ0) is 18.5. The van der Waals surface area contributed by atoms with Gasteiger partial charge in [-0.1, -0.05) is 24.3 Å². The van der Waals surface area contributed by atoms with Gasteiger partial charge in [-0.15, -0.1) is 11.3 Å². The Morgan fingerprint density at radius 2 is 1.92 bits per heavy atom. The number of primary amides is 2. The molecule has 2 aromatic rings. The molecule has 8 heteroatoms. The van der Waals surface area contributed by atoms with Gasteiger partial charge in [0.1, 0.15) is 17.4 Å². The Balaban J connectivity index is 1.80. The molecule has 1 aliphatic rings. The molecular weight excluding hydrogens is 352 g/mol. The van der Waals surface area contributed by atoms with E-state index in [0.717, 1.165) is 30.1 Å². The van der Waals surface area contributed by atoms with Crippen molar-refractivity contribution in [2.45, 2.75) is 0 Å². The van der Waals surface area contributed by atoms with Crippen LogP contribution in [0.4, 0.5) is 9.80 Å². The molecule has 0 fully saturated rings. The largest absolute Gasteiger partial charge is 0.492 e. The molecule has 0 atom stereocenters. The monoisotopic (exact) mass is 372 g/mol. The molecule has 1 aliphatic heterocycles. The van der Waals surface area contributed by atoms with Crippen molar-refractivity contribution in [2.75, 3.05) is 31.6 Å². The lowest BCUT2D eigenvalue weighted by atomic mass is 10.1. The van der Waals surface area contributed by atoms with Crippen LogP contribution in [0.1, 0.15) is 10.4 Å². The SMILES string of the molecule is NC(=O)Nc1sc(-c2ccccc2OCCN2CC=CC2)cc1C(N)=O. The Morgan fingerprint density at radius 3 is 2.62 bits per heavy atom. The second-order valence-corrected chi connectivity index (χ2v) is 6.83. The highest BCUT2D eigenvalue weighted by Gasteiger charge is 2.18. The molecule has 1 aromatic carbocycles. The molecular formula is C18H20N4O3S. The highest BCUT2D eigenvalue weighted by molar-refractivity contribution is 7.20. The first-order chi connectivity index (χ1) is 12.5. The number of anilines is 1. The Labute approximate surface area is 155 Å². The van der Waals surface area contributed by atoms with Gasteiger partial charge in [0.2, 0.25) is 0 Å². The minimum Gasteiger partial charge on any atom is -0.492 e. The van der Waals surface area contributed by atoms with E-state index < -0.39 is 11.9 Å². The molecule has 3 rings (SSSR count). The highest BCUT2D eigenvalue weighted by Crippen LogP contribution is 2.39. The maximum absolute atomic E-state index is 11.6. The third-order valence-electron chi connectivity index (χ3n) is 3.95. The van der Waals surface area contributed by atoms with Crippen LogP contribution in [0, 0.1) is 0 Å². The van der Waals surface area contributed by atoms with E-state index in [9.17, 15) is 9.59 Å². The van der Waals surface area contributed by atoms with Crippen molar-refractivity contribution in [3.05, 3.63) is 48.0 Å². The molecule has 0 saturated carbocycles. The first-order valence-corrected chi connectivity index (χ1v) is 8.96. The standard InChI is InChI=1S/C18H20N4O3S/c19-16(23)13-11-15(26-17(13)21-18(20)24)12-5-1-2-6-14(12)25-10-9-22-7-3-4-8-22/h1-6,11H,7-10H2,(H2,19,23)(H3,20,21,24). The normalized spacial score (nSPS) is 13.7. The topological polar surface area (TPSA) is 111 Å². The van der Waals surface area contributed by atoms with Gasteiger partial charge < -0.3 is 16.2 Å². The molecule has 0 saturated heterocycles. The molecule has 7 nitrogen and oxygen atoms in total. The van der Waals surface area contributed by atoms with Crippen LogP contribution in [0.25, 0.3) is 10.4 Å². The van der Waals surface area contributed by atoms with Crippen molar-refractivity contribution in [1.29, 1.82) is 0 Å². The predicted octanol–water partition coefficient (Wildman–Crippen LogP) is 2.26. The summed E-state index contributed by atoms with van der Waals surface area (Å²) in [4.78, 5) is 25.8. The number of nitrogens with zero attached hydrogens (tertiary/aromatic N) is 1. The number of nitrogens with two attached hydrogens (primary N) is 2. The quantitative estimate of drug-likeness (QED) is 0.647. The molecule has 2 heterocycles. The van der Waals surface area contributed by atoms with Crippen molar-refractivity contribution in [3.63, 3.8) is 0 Å². The van der Waals surface area contributed by atoms with E-state index in [1.165, 1.54) is 11.3 Å². The van der Waals surface area contributed by atoms with E-state index in [1.54, 1.807) is 6.07 Å². The van der Waals surface area contributed by atoms with E-state index in [-0.39, 0.29) is 5.56 Å². The van der Waals surface area contributed by atoms with Crippen molar-refractivity contribution in [3.8, 4) is 16.2 Å². The number of carbonyl (C=O) groups is 2. The van der Waals surface area contributed by atoms with Crippen LogP contribution in [-0.2, 0) is 0 Å². The molecule has 0 bridgehead atoms. The number of urea groups is 1. The van der Waals surface area contributed by atoms with Crippen LogP contribution in [0.2, 0.25) is 0 Å². The molecule has 5 N–H and O–H groups in total. The fourth-order valence-electron chi connectivity index (χ4n) is 2.70. The van der Waals surface area contributed by atoms with Crippen LogP contribution >= 0.6 is 11.3 Å². The van der Waals surface area contributed by atoms with Gasteiger partial charge in [-0.2, -0.15) is 0 Å². The van der Waals surface area contributed by atoms with E-state index in [1.807, 2.05) is 24.3 Å². The Morgan fingerprint density at radius 1 is 1.19 bits per heavy atom. The summed E-state index contributed by atoms with van der Waals surface area (Å²) in [5.74, 6) is 0.0822. The number of benzene rings is 1. The van der Waals surface area contributed by atoms with Crippen molar-refractivity contribution >= 4 is 28.3 Å². The summed E-state index contributed by atoms with van der Waals surface area (Å²) in [6.45, 7) is 3.27. The first kappa shape index (κ1) is 18.0. The van der Waals surface area contributed by atoms with Gasteiger partial charge in [-0.3, -0.25) is 15.0 Å². The average Bonchev–Trinajstić information content (AvgIpc) is 3.24. The van der Waals surface area contributed by atoms with E-state index >= 15 is 0 Å². The summed E-state index contributed by atoms with van der Waals surface area (Å²) >= 11 is 1.23. The maximum Gasteiger partial charge on any atom is 0.317 e. The van der Waals surface area contributed by atoms with Crippen LogP contribution in [0.3, 0.4) is 0 Å². The second kappa shape index (κ2) is 8.03. The number of para-hydroxylation sites is 1. The lowest BCUT2D eigenvalue weighted by molar-refractivity contribution is 0.100. The van der Waals surface area contributed by atoms with E-state index in [4.69, 9.17) is 16.2 Å². The minimum atomic E-state index is -0.746. The summed E-state index contributed by atoms with van der Waals surface area (Å²) < 4.78 is 5.95. The van der Waals surface area contributed by atoms with Gasteiger partial charge in [-0.05, 0) is 18.2 Å². The number of ether oxygens (including phenoxy) is 1. The Bertz CT molecular complexity index is 839. The molecule has 26 heavy (non-hydrogen) atoms. The molecule has 0 spiro atoms. The highest BCUT2D eigenvalue weighted by atomic mass is 32.1. The van der Waals surface area contributed by atoms with Crippen LogP contribution in [-0.4, -0.2) is 43.1 Å². The van der Waals surface area contributed by atoms with Gasteiger partial charge >= 0.3 is 6.03 Å². The lowest BCUT2D eigenvalue weighted by Gasteiger charge is -2.16. The smallest absolute Gasteiger partial charge is 0.317 e.